The van der Waals surface area contributed by atoms with Crippen molar-refractivity contribution in [2.45, 2.75) is 27.7 Å². The van der Waals surface area contributed by atoms with E-state index in [1.54, 1.807) is 19.9 Å². The summed E-state index contributed by atoms with van der Waals surface area (Å²) in [5.74, 6) is -0.522. The number of rotatable bonds is 4. The minimum atomic E-state index is -0.379. The van der Waals surface area contributed by atoms with Gasteiger partial charge in [-0.2, -0.15) is 0 Å². The zero-order valence-corrected chi connectivity index (χ0v) is 14.6. The first-order chi connectivity index (χ1) is 11.3. The summed E-state index contributed by atoms with van der Waals surface area (Å²) < 4.78 is 5.23. The van der Waals surface area contributed by atoms with E-state index < -0.39 is 0 Å². The lowest BCUT2D eigenvalue weighted by Gasteiger charge is -2.15. The molecule has 0 heterocycles. The molecule has 2 N–H and O–H groups in total. The van der Waals surface area contributed by atoms with Crippen LogP contribution in [0.25, 0.3) is 6.08 Å². The van der Waals surface area contributed by atoms with E-state index in [2.05, 4.69) is 0 Å². The standard InChI is InChI=1S/C20H22O4/c1-11-6-7-15(12(2)10-11)8-9-16(21)17-19(23)13(3)18(22)14(4)20(17)24-5/h6-10,22-23H,1-5H3/b9-8+. The fraction of sp³-hybridized carbons (Fsp3) is 0.250. The Morgan fingerprint density at radius 3 is 2.29 bits per heavy atom. The predicted octanol–water partition coefficient (Wildman–Crippen LogP) is 4.24. The molecule has 0 radical (unpaired) electrons. The lowest BCUT2D eigenvalue weighted by molar-refractivity contribution is 0.104. The first kappa shape index (κ1) is 17.6. The monoisotopic (exact) mass is 326 g/mol. The Balaban J connectivity index is 2.48. The lowest BCUT2D eigenvalue weighted by Crippen LogP contribution is -2.03. The maximum absolute atomic E-state index is 12.6. The number of ether oxygens (including phenoxy) is 1. The Bertz CT molecular complexity index is 832. The van der Waals surface area contributed by atoms with E-state index >= 15 is 0 Å². The van der Waals surface area contributed by atoms with Crippen molar-refractivity contribution in [2.75, 3.05) is 7.11 Å². The number of carbonyl (C=O) groups is 1. The summed E-state index contributed by atoms with van der Waals surface area (Å²) in [6.45, 7) is 7.19. The van der Waals surface area contributed by atoms with E-state index in [9.17, 15) is 15.0 Å². The van der Waals surface area contributed by atoms with E-state index in [0.717, 1.165) is 16.7 Å². The molecular weight excluding hydrogens is 304 g/mol. The summed E-state index contributed by atoms with van der Waals surface area (Å²) in [5.41, 5.74) is 3.90. The van der Waals surface area contributed by atoms with E-state index in [1.165, 1.54) is 13.2 Å². The fourth-order valence-electron chi connectivity index (χ4n) is 2.73. The maximum atomic E-state index is 12.6. The molecule has 126 valence electrons. The van der Waals surface area contributed by atoms with Gasteiger partial charge in [-0.3, -0.25) is 4.79 Å². The van der Waals surface area contributed by atoms with E-state index in [0.29, 0.717) is 5.56 Å². The topological polar surface area (TPSA) is 66.8 Å². The molecule has 0 bridgehead atoms. The summed E-state index contributed by atoms with van der Waals surface area (Å²) in [6, 6.07) is 5.96. The van der Waals surface area contributed by atoms with Gasteiger partial charge >= 0.3 is 0 Å². The van der Waals surface area contributed by atoms with Gasteiger partial charge in [0.15, 0.2) is 5.78 Å². The van der Waals surface area contributed by atoms with Gasteiger partial charge in [-0.15, -0.1) is 0 Å². The van der Waals surface area contributed by atoms with Crippen molar-refractivity contribution in [1.29, 1.82) is 0 Å². The molecule has 4 nitrogen and oxygen atoms in total. The Morgan fingerprint density at radius 2 is 1.71 bits per heavy atom. The van der Waals surface area contributed by atoms with Gasteiger partial charge in [-0.1, -0.05) is 29.8 Å². The SMILES string of the molecule is COc1c(C)c(O)c(C)c(O)c1C(=O)/C=C/c1ccc(C)cc1C. The van der Waals surface area contributed by atoms with Crippen LogP contribution in [0.2, 0.25) is 0 Å². The zero-order valence-electron chi connectivity index (χ0n) is 14.6. The van der Waals surface area contributed by atoms with Crippen molar-refractivity contribution in [2.24, 2.45) is 0 Å². The minimum Gasteiger partial charge on any atom is -0.507 e. The van der Waals surface area contributed by atoms with Crippen LogP contribution in [0.4, 0.5) is 0 Å². The highest BCUT2D eigenvalue weighted by atomic mass is 16.5. The van der Waals surface area contributed by atoms with E-state index in [4.69, 9.17) is 4.74 Å². The predicted molar refractivity (Wildman–Crippen MR) is 95.1 cm³/mol. The molecule has 0 amide bonds. The highest BCUT2D eigenvalue weighted by Gasteiger charge is 2.23. The van der Waals surface area contributed by atoms with Crippen LogP contribution in [-0.2, 0) is 0 Å². The number of aryl methyl sites for hydroxylation is 2. The third kappa shape index (κ3) is 3.13. The molecule has 0 aliphatic heterocycles. The first-order valence-electron chi connectivity index (χ1n) is 7.66. The Hall–Kier alpha value is -2.75. The van der Waals surface area contributed by atoms with Crippen LogP contribution in [0.1, 0.15) is 38.2 Å². The highest BCUT2D eigenvalue weighted by molar-refractivity contribution is 6.11. The summed E-state index contributed by atoms with van der Waals surface area (Å²) >= 11 is 0. The third-order valence-corrected chi connectivity index (χ3v) is 4.16. The van der Waals surface area contributed by atoms with Gasteiger partial charge in [-0.05, 0) is 44.9 Å². The summed E-state index contributed by atoms with van der Waals surface area (Å²) in [6.07, 6.45) is 3.12. The quantitative estimate of drug-likeness (QED) is 0.651. The van der Waals surface area contributed by atoms with Gasteiger partial charge in [-0.25, -0.2) is 0 Å². The van der Waals surface area contributed by atoms with Crippen molar-refractivity contribution < 1.29 is 19.7 Å². The molecule has 2 aromatic carbocycles. The molecule has 0 aromatic heterocycles. The molecule has 0 aliphatic rings. The lowest BCUT2D eigenvalue weighted by atomic mass is 9.98. The van der Waals surface area contributed by atoms with Crippen molar-refractivity contribution in [3.8, 4) is 17.2 Å². The molecule has 2 rings (SSSR count). The number of hydrogen-bond acceptors (Lipinski definition) is 4. The second-order valence-electron chi connectivity index (χ2n) is 5.91. The zero-order chi connectivity index (χ0) is 18.0. The largest absolute Gasteiger partial charge is 0.507 e. The molecule has 2 aromatic rings. The summed E-state index contributed by atoms with van der Waals surface area (Å²) in [7, 11) is 1.40. The number of carbonyl (C=O) groups excluding carboxylic acids is 1. The number of allylic oxidation sites excluding steroid dienone is 1. The molecule has 0 atom stereocenters. The van der Waals surface area contributed by atoms with Crippen LogP contribution >= 0.6 is 0 Å². The van der Waals surface area contributed by atoms with Gasteiger partial charge in [0.05, 0.1) is 7.11 Å². The summed E-state index contributed by atoms with van der Waals surface area (Å²) in [4.78, 5) is 12.6. The van der Waals surface area contributed by atoms with Crippen molar-refractivity contribution in [3.05, 3.63) is 57.7 Å². The molecule has 0 spiro atoms. The van der Waals surface area contributed by atoms with Crippen LogP contribution in [0.15, 0.2) is 24.3 Å². The molecule has 0 saturated carbocycles. The molecule has 0 saturated heterocycles. The summed E-state index contributed by atoms with van der Waals surface area (Å²) in [5, 5.41) is 20.3. The molecule has 0 unspecified atom stereocenters. The van der Waals surface area contributed by atoms with Gasteiger partial charge in [0, 0.05) is 11.1 Å². The van der Waals surface area contributed by atoms with Gasteiger partial charge in [0.1, 0.15) is 22.8 Å². The number of phenols is 2. The Morgan fingerprint density at radius 1 is 1.04 bits per heavy atom. The van der Waals surface area contributed by atoms with Crippen LogP contribution in [-0.4, -0.2) is 23.1 Å². The number of aromatic hydroxyl groups is 2. The first-order valence-corrected chi connectivity index (χ1v) is 7.66. The average molecular weight is 326 g/mol. The van der Waals surface area contributed by atoms with Crippen molar-refractivity contribution >= 4 is 11.9 Å². The molecule has 0 aliphatic carbocycles. The smallest absolute Gasteiger partial charge is 0.193 e. The maximum Gasteiger partial charge on any atom is 0.193 e. The van der Waals surface area contributed by atoms with Crippen LogP contribution in [0, 0.1) is 27.7 Å². The van der Waals surface area contributed by atoms with Gasteiger partial charge in [0.2, 0.25) is 0 Å². The number of phenolic OH excluding ortho intramolecular Hbond substituents is 2. The molecule has 0 fully saturated rings. The van der Waals surface area contributed by atoms with E-state index in [-0.39, 0.29) is 34.2 Å². The van der Waals surface area contributed by atoms with Crippen molar-refractivity contribution in [3.63, 3.8) is 0 Å². The van der Waals surface area contributed by atoms with Crippen LogP contribution < -0.4 is 4.74 Å². The fourth-order valence-corrected chi connectivity index (χ4v) is 2.73. The highest BCUT2D eigenvalue weighted by Crippen LogP contribution is 2.41. The Kier molecular flexibility index (Phi) is 4.98. The average Bonchev–Trinajstić information content (AvgIpc) is 2.54. The molecule has 4 heteroatoms. The minimum absolute atomic E-state index is 0.0614. The number of ketones is 1. The second kappa shape index (κ2) is 6.79. The third-order valence-electron chi connectivity index (χ3n) is 4.16. The normalized spacial score (nSPS) is 11.0. The van der Waals surface area contributed by atoms with E-state index in [1.807, 2.05) is 32.0 Å². The Labute approximate surface area is 142 Å². The number of methoxy groups -OCH3 is 1. The molecule has 24 heavy (non-hydrogen) atoms. The van der Waals surface area contributed by atoms with Gasteiger partial charge in [0.25, 0.3) is 0 Å². The van der Waals surface area contributed by atoms with Crippen LogP contribution in [0.3, 0.4) is 0 Å². The molecular formula is C20H22O4. The van der Waals surface area contributed by atoms with Gasteiger partial charge < -0.3 is 14.9 Å². The second-order valence-corrected chi connectivity index (χ2v) is 5.91. The number of benzene rings is 2. The number of hydrogen-bond donors (Lipinski definition) is 2. The van der Waals surface area contributed by atoms with Crippen molar-refractivity contribution in [1.82, 2.24) is 0 Å². The van der Waals surface area contributed by atoms with Crippen LogP contribution in [0.5, 0.6) is 17.2 Å².